The van der Waals surface area contributed by atoms with Crippen molar-refractivity contribution in [3.05, 3.63) is 65.2 Å². The minimum absolute atomic E-state index is 0.0238. The maximum absolute atomic E-state index is 12.4. The summed E-state index contributed by atoms with van der Waals surface area (Å²) in [5.41, 5.74) is 2.95. The second-order valence-corrected chi connectivity index (χ2v) is 8.63. The van der Waals surface area contributed by atoms with E-state index in [1.54, 1.807) is 17.0 Å². The van der Waals surface area contributed by atoms with Gasteiger partial charge in [0.2, 0.25) is 21.8 Å². The highest BCUT2D eigenvalue weighted by atomic mass is 32.2. The third kappa shape index (κ3) is 4.96. The van der Waals surface area contributed by atoms with Crippen LogP contribution in [-0.2, 0) is 32.7 Å². The number of nitrogens with two attached hydrogens (primary N) is 1. The van der Waals surface area contributed by atoms with Crippen molar-refractivity contribution < 1.29 is 18.0 Å². The summed E-state index contributed by atoms with van der Waals surface area (Å²) in [4.78, 5) is 26.4. The highest BCUT2D eigenvalue weighted by molar-refractivity contribution is 7.89. The lowest BCUT2D eigenvalue weighted by Gasteiger charge is -2.17. The third-order valence-corrected chi connectivity index (χ3v) is 5.73. The summed E-state index contributed by atoms with van der Waals surface area (Å²) >= 11 is 0. The van der Waals surface area contributed by atoms with Gasteiger partial charge in [0.15, 0.2) is 0 Å². The second-order valence-electron chi connectivity index (χ2n) is 7.07. The van der Waals surface area contributed by atoms with Gasteiger partial charge in [-0.1, -0.05) is 42.0 Å². The van der Waals surface area contributed by atoms with Crippen molar-refractivity contribution in [2.45, 2.75) is 31.3 Å². The molecule has 1 atom stereocenters. The van der Waals surface area contributed by atoms with Crippen LogP contribution in [0.5, 0.6) is 0 Å². The molecule has 0 radical (unpaired) electrons. The van der Waals surface area contributed by atoms with E-state index in [9.17, 15) is 18.0 Å². The second kappa shape index (κ2) is 8.12. The minimum atomic E-state index is -3.73. The molecule has 3 N–H and O–H groups in total. The molecule has 1 aliphatic rings. The molecule has 0 bridgehead atoms. The van der Waals surface area contributed by atoms with Crippen LogP contribution in [0.3, 0.4) is 0 Å². The Hall–Kier alpha value is -2.71. The summed E-state index contributed by atoms with van der Waals surface area (Å²) in [5, 5.41) is 7.88. The number of primary sulfonamides is 1. The van der Waals surface area contributed by atoms with E-state index in [1.807, 2.05) is 31.2 Å². The van der Waals surface area contributed by atoms with Crippen LogP contribution in [-0.4, -0.2) is 31.7 Å². The smallest absolute Gasteiger partial charge is 0.238 e. The molecule has 148 valence electrons. The van der Waals surface area contributed by atoms with Crippen molar-refractivity contribution >= 4 is 21.8 Å². The number of sulfonamides is 1. The van der Waals surface area contributed by atoms with Crippen molar-refractivity contribution in [3.63, 3.8) is 0 Å². The van der Waals surface area contributed by atoms with Gasteiger partial charge >= 0.3 is 0 Å². The first-order valence-corrected chi connectivity index (χ1v) is 10.5. The Morgan fingerprint density at radius 3 is 2.32 bits per heavy atom. The average Bonchev–Trinajstić information content (AvgIpc) is 3.02. The normalized spacial score (nSPS) is 17.0. The lowest BCUT2D eigenvalue weighted by molar-refractivity contribution is -0.129. The Morgan fingerprint density at radius 2 is 1.71 bits per heavy atom. The Kier molecular flexibility index (Phi) is 5.81. The molecule has 0 unspecified atom stereocenters. The van der Waals surface area contributed by atoms with Crippen LogP contribution in [0.25, 0.3) is 0 Å². The van der Waals surface area contributed by atoms with Crippen molar-refractivity contribution in [3.8, 4) is 0 Å². The van der Waals surface area contributed by atoms with Gasteiger partial charge in [-0.3, -0.25) is 9.59 Å². The Balaban J connectivity index is 1.53. The SMILES string of the molecule is Cc1ccc(CN2C[C@@H](C(=O)NCc3ccc(S(N)(=O)=O)cc3)CC2=O)cc1. The Labute approximate surface area is 164 Å². The first-order chi connectivity index (χ1) is 13.2. The van der Waals surface area contributed by atoms with E-state index in [-0.39, 0.29) is 35.6 Å². The Morgan fingerprint density at radius 1 is 1.11 bits per heavy atom. The van der Waals surface area contributed by atoms with E-state index in [0.29, 0.717) is 13.1 Å². The molecular weight excluding hydrogens is 378 g/mol. The molecule has 0 spiro atoms. The van der Waals surface area contributed by atoms with Crippen LogP contribution in [0.4, 0.5) is 0 Å². The molecule has 1 fully saturated rings. The summed E-state index contributed by atoms with van der Waals surface area (Å²) < 4.78 is 22.5. The molecule has 0 saturated carbocycles. The zero-order valence-electron chi connectivity index (χ0n) is 15.6. The quantitative estimate of drug-likeness (QED) is 0.760. The number of amides is 2. The monoisotopic (exact) mass is 401 g/mol. The molecule has 2 aromatic carbocycles. The van der Waals surface area contributed by atoms with Gasteiger partial charge < -0.3 is 10.2 Å². The minimum Gasteiger partial charge on any atom is -0.352 e. The highest BCUT2D eigenvalue weighted by Crippen LogP contribution is 2.21. The van der Waals surface area contributed by atoms with E-state index in [0.717, 1.165) is 16.7 Å². The van der Waals surface area contributed by atoms with Gasteiger partial charge in [-0.2, -0.15) is 0 Å². The standard InChI is InChI=1S/C20H23N3O4S/c1-14-2-4-16(5-3-14)12-23-13-17(10-19(23)24)20(25)22-11-15-6-8-18(9-7-15)28(21,26)27/h2-9,17H,10-13H2,1H3,(H,22,25)(H2,21,26,27)/t17-/m0/s1. The van der Waals surface area contributed by atoms with Crippen molar-refractivity contribution in [2.24, 2.45) is 11.1 Å². The van der Waals surface area contributed by atoms with Crippen LogP contribution < -0.4 is 10.5 Å². The van der Waals surface area contributed by atoms with Gasteiger partial charge in [0, 0.05) is 26.1 Å². The maximum atomic E-state index is 12.4. The van der Waals surface area contributed by atoms with Crippen LogP contribution >= 0.6 is 0 Å². The maximum Gasteiger partial charge on any atom is 0.238 e. The highest BCUT2D eigenvalue weighted by Gasteiger charge is 2.34. The number of nitrogens with zero attached hydrogens (tertiary/aromatic N) is 1. The number of carbonyl (C=O) groups is 2. The molecule has 2 amide bonds. The van der Waals surface area contributed by atoms with Crippen LogP contribution in [0.2, 0.25) is 0 Å². The molecular formula is C20H23N3O4S. The largest absolute Gasteiger partial charge is 0.352 e. The van der Waals surface area contributed by atoms with Crippen LogP contribution in [0.15, 0.2) is 53.4 Å². The van der Waals surface area contributed by atoms with Gasteiger partial charge in [0.25, 0.3) is 0 Å². The van der Waals surface area contributed by atoms with E-state index in [4.69, 9.17) is 5.14 Å². The molecule has 2 aromatic rings. The summed E-state index contributed by atoms with van der Waals surface area (Å²) in [5.74, 6) is -0.602. The molecule has 0 aromatic heterocycles. The van der Waals surface area contributed by atoms with E-state index in [1.165, 1.54) is 12.1 Å². The van der Waals surface area contributed by atoms with Gasteiger partial charge in [0.1, 0.15) is 0 Å². The fraction of sp³-hybridized carbons (Fsp3) is 0.300. The van der Waals surface area contributed by atoms with E-state index < -0.39 is 10.0 Å². The number of hydrogen-bond donors (Lipinski definition) is 2. The molecule has 1 saturated heterocycles. The summed E-state index contributed by atoms with van der Waals surface area (Å²) in [6.45, 7) is 3.15. The van der Waals surface area contributed by atoms with E-state index >= 15 is 0 Å². The van der Waals surface area contributed by atoms with Gasteiger partial charge in [0.05, 0.1) is 10.8 Å². The predicted octanol–water partition coefficient (Wildman–Crippen LogP) is 1.31. The Bertz CT molecular complexity index is 970. The predicted molar refractivity (Wildman–Crippen MR) is 104 cm³/mol. The number of nitrogens with one attached hydrogen (secondary N) is 1. The molecule has 1 aliphatic heterocycles. The lowest BCUT2D eigenvalue weighted by atomic mass is 10.1. The van der Waals surface area contributed by atoms with Gasteiger partial charge in [-0.15, -0.1) is 0 Å². The number of rotatable bonds is 6. The molecule has 8 heteroatoms. The molecule has 28 heavy (non-hydrogen) atoms. The first kappa shape index (κ1) is 20.0. The molecule has 7 nitrogen and oxygen atoms in total. The van der Waals surface area contributed by atoms with Gasteiger partial charge in [-0.05, 0) is 30.2 Å². The zero-order chi connectivity index (χ0) is 20.3. The fourth-order valence-electron chi connectivity index (χ4n) is 3.14. The average molecular weight is 401 g/mol. The number of likely N-dealkylation sites (tertiary alicyclic amines) is 1. The number of aryl methyl sites for hydroxylation is 1. The summed E-state index contributed by atoms with van der Waals surface area (Å²) in [6, 6.07) is 14.0. The number of carbonyl (C=O) groups excluding carboxylic acids is 2. The third-order valence-electron chi connectivity index (χ3n) is 4.80. The number of benzene rings is 2. The van der Waals surface area contributed by atoms with Crippen LogP contribution in [0.1, 0.15) is 23.1 Å². The topological polar surface area (TPSA) is 110 Å². The summed E-state index contributed by atoms with van der Waals surface area (Å²) in [7, 11) is -3.73. The van der Waals surface area contributed by atoms with Crippen molar-refractivity contribution in [2.75, 3.05) is 6.54 Å². The van der Waals surface area contributed by atoms with Gasteiger partial charge in [-0.25, -0.2) is 13.6 Å². The summed E-state index contributed by atoms with van der Waals surface area (Å²) in [6.07, 6.45) is 0.196. The first-order valence-electron chi connectivity index (χ1n) is 8.95. The van der Waals surface area contributed by atoms with E-state index in [2.05, 4.69) is 5.32 Å². The van der Waals surface area contributed by atoms with Crippen molar-refractivity contribution in [1.82, 2.24) is 10.2 Å². The van der Waals surface area contributed by atoms with Crippen molar-refractivity contribution in [1.29, 1.82) is 0 Å². The van der Waals surface area contributed by atoms with Crippen LogP contribution in [0, 0.1) is 12.8 Å². The number of hydrogen-bond acceptors (Lipinski definition) is 4. The fourth-order valence-corrected chi connectivity index (χ4v) is 3.66. The molecule has 0 aliphatic carbocycles. The molecule has 1 heterocycles. The molecule has 3 rings (SSSR count). The lowest BCUT2D eigenvalue weighted by Crippen LogP contribution is -2.32. The zero-order valence-corrected chi connectivity index (χ0v) is 16.4.